The van der Waals surface area contributed by atoms with Crippen molar-refractivity contribution in [1.82, 2.24) is 4.98 Å². The lowest BCUT2D eigenvalue weighted by atomic mass is 10.1. The standard InChI is InChI=1S/C11H9ClF3N3/c1-5-2-3-6(12)10-9(5)7(18-16)4-8(17-10)11(13,14)15/h2-4H,16H2,1H3,(H,17,18). The van der Waals surface area contributed by atoms with Crippen molar-refractivity contribution in [1.29, 1.82) is 0 Å². The number of alkyl halides is 3. The van der Waals surface area contributed by atoms with Crippen molar-refractivity contribution < 1.29 is 13.2 Å². The first-order chi connectivity index (χ1) is 8.34. The zero-order valence-electron chi connectivity index (χ0n) is 9.27. The van der Waals surface area contributed by atoms with Crippen LogP contribution in [0.3, 0.4) is 0 Å². The number of nitrogen functional groups attached to an aromatic ring is 1. The quantitative estimate of drug-likeness (QED) is 0.619. The SMILES string of the molecule is Cc1ccc(Cl)c2nc(C(F)(F)F)cc(NN)c12. The first-order valence-electron chi connectivity index (χ1n) is 4.98. The number of hydrazine groups is 1. The molecule has 0 saturated carbocycles. The molecular formula is C11H9ClF3N3. The van der Waals surface area contributed by atoms with E-state index in [0.29, 0.717) is 5.39 Å². The summed E-state index contributed by atoms with van der Waals surface area (Å²) in [5, 5.41) is 0.635. The van der Waals surface area contributed by atoms with Gasteiger partial charge in [0.15, 0.2) is 0 Å². The van der Waals surface area contributed by atoms with E-state index in [9.17, 15) is 13.2 Å². The number of pyridine rings is 1. The molecule has 1 heterocycles. The topological polar surface area (TPSA) is 50.9 Å². The van der Waals surface area contributed by atoms with Gasteiger partial charge in [-0.25, -0.2) is 4.98 Å². The second-order valence-electron chi connectivity index (χ2n) is 3.79. The first kappa shape index (κ1) is 12.9. The number of fused-ring (bicyclic) bond motifs is 1. The number of anilines is 1. The summed E-state index contributed by atoms with van der Waals surface area (Å²) in [5.74, 6) is 5.26. The number of benzene rings is 1. The summed E-state index contributed by atoms with van der Waals surface area (Å²) in [7, 11) is 0. The smallest absolute Gasteiger partial charge is 0.323 e. The molecule has 3 nitrogen and oxygen atoms in total. The van der Waals surface area contributed by atoms with Crippen LogP contribution < -0.4 is 11.3 Å². The summed E-state index contributed by atoms with van der Waals surface area (Å²) in [6.07, 6.45) is -4.55. The number of rotatable bonds is 1. The van der Waals surface area contributed by atoms with Crippen LogP contribution in [0.4, 0.5) is 18.9 Å². The van der Waals surface area contributed by atoms with Crippen molar-refractivity contribution in [3.8, 4) is 0 Å². The van der Waals surface area contributed by atoms with Crippen LogP contribution in [0.2, 0.25) is 5.02 Å². The number of nitrogens with one attached hydrogen (secondary N) is 1. The third kappa shape index (κ3) is 2.09. The van der Waals surface area contributed by atoms with Crippen molar-refractivity contribution in [3.63, 3.8) is 0 Å². The summed E-state index contributed by atoms with van der Waals surface area (Å²) in [4.78, 5) is 3.56. The van der Waals surface area contributed by atoms with Gasteiger partial charge in [-0.3, -0.25) is 5.84 Å². The Labute approximate surface area is 106 Å². The lowest BCUT2D eigenvalue weighted by molar-refractivity contribution is -0.140. The molecule has 0 unspecified atom stereocenters. The zero-order chi connectivity index (χ0) is 13.5. The van der Waals surface area contributed by atoms with Gasteiger partial charge < -0.3 is 5.43 Å². The molecule has 0 spiro atoms. The van der Waals surface area contributed by atoms with Crippen LogP contribution in [0.15, 0.2) is 18.2 Å². The number of hydrogen-bond acceptors (Lipinski definition) is 3. The third-order valence-corrected chi connectivity index (χ3v) is 2.87. The molecule has 0 amide bonds. The maximum atomic E-state index is 12.7. The summed E-state index contributed by atoms with van der Waals surface area (Å²) in [6.45, 7) is 1.74. The lowest BCUT2D eigenvalue weighted by Crippen LogP contribution is -2.13. The average molecular weight is 276 g/mol. The van der Waals surface area contributed by atoms with E-state index in [4.69, 9.17) is 17.4 Å². The zero-order valence-corrected chi connectivity index (χ0v) is 10.0. The van der Waals surface area contributed by atoms with Gasteiger partial charge in [-0.1, -0.05) is 17.7 Å². The molecule has 1 aromatic heterocycles. The summed E-state index contributed by atoms with van der Waals surface area (Å²) in [5.41, 5.74) is 2.19. The predicted octanol–water partition coefficient (Wildman–Crippen LogP) is 3.50. The van der Waals surface area contributed by atoms with Crippen molar-refractivity contribution in [2.24, 2.45) is 5.84 Å². The molecule has 7 heteroatoms. The Morgan fingerprint density at radius 2 is 2.00 bits per heavy atom. The van der Waals surface area contributed by atoms with Crippen LogP contribution in [0.25, 0.3) is 10.9 Å². The molecule has 0 saturated heterocycles. The molecule has 1 aromatic carbocycles. The van der Waals surface area contributed by atoms with Crippen molar-refractivity contribution >= 4 is 28.2 Å². The summed E-state index contributed by atoms with van der Waals surface area (Å²) < 4.78 is 38.1. The molecule has 2 aromatic rings. The minimum atomic E-state index is -4.55. The van der Waals surface area contributed by atoms with E-state index in [2.05, 4.69) is 10.4 Å². The Hall–Kier alpha value is -1.53. The van der Waals surface area contributed by atoms with Crippen LogP contribution in [-0.2, 0) is 6.18 Å². The molecule has 0 fully saturated rings. The molecule has 2 rings (SSSR count). The maximum absolute atomic E-state index is 12.7. The van der Waals surface area contributed by atoms with Crippen LogP contribution >= 0.6 is 11.6 Å². The van der Waals surface area contributed by atoms with E-state index < -0.39 is 11.9 Å². The highest BCUT2D eigenvalue weighted by molar-refractivity contribution is 6.35. The predicted molar refractivity (Wildman–Crippen MR) is 64.3 cm³/mol. The Morgan fingerprint density at radius 1 is 1.33 bits per heavy atom. The monoisotopic (exact) mass is 275 g/mol. The fourth-order valence-corrected chi connectivity index (χ4v) is 1.94. The van der Waals surface area contributed by atoms with Crippen LogP contribution in [-0.4, -0.2) is 4.98 Å². The first-order valence-corrected chi connectivity index (χ1v) is 5.36. The van der Waals surface area contributed by atoms with Crippen molar-refractivity contribution in [3.05, 3.63) is 34.5 Å². The average Bonchev–Trinajstić information content (AvgIpc) is 2.31. The van der Waals surface area contributed by atoms with Gasteiger partial charge in [0.05, 0.1) is 16.2 Å². The van der Waals surface area contributed by atoms with Gasteiger partial charge in [0.2, 0.25) is 0 Å². The summed E-state index contributed by atoms with van der Waals surface area (Å²) >= 11 is 5.88. The molecule has 18 heavy (non-hydrogen) atoms. The van der Waals surface area contributed by atoms with E-state index in [0.717, 1.165) is 11.6 Å². The fourth-order valence-electron chi connectivity index (χ4n) is 1.74. The second-order valence-corrected chi connectivity index (χ2v) is 4.19. The lowest BCUT2D eigenvalue weighted by Gasteiger charge is -2.13. The van der Waals surface area contributed by atoms with Crippen LogP contribution in [0.1, 0.15) is 11.3 Å². The molecule has 0 bridgehead atoms. The largest absolute Gasteiger partial charge is 0.433 e. The molecule has 0 aliphatic heterocycles. The highest BCUT2D eigenvalue weighted by atomic mass is 35.5. The number of nitrogens with zero attached hydrogens (tertiary/aromatic N) is 1. The molecule has 3 N–H and O–H groups in total. The Bertz CT molecular complexity index is 610. The fraction of sp³-hybridized carbons (Fsp3) is 0.182. The van der Waals surface area contributed by atoms with Gasteiger partial charge in [0.1, 0.15) is 5.69 Å². The van der Waals surface area contributed by atoms with Crippen molar-refractivity contribution in [2.75, 3.05) is 5.43 Å². The number of halogens is 4. The van der Waals surface area contributed by atoms with Gasteiger partial charge in [-0.15, -0.1) is 0 Å². The third-order valence-electron chi connectivity index (χ3n) is 2.57. The highest BCUT2D eigenvalue weighted by Gasteiger charge is 2.33. The van der Waals surface area contributed by atoms with E-state index in [1.54, 1.807) is 13.0 Å². The molecule has 0 radical (unpaired) electrons. The second kappa shape index (κ2) is 4.29. The number of aryl methyl sites for hydroxylation is 1. The van der Waals surface area contributed by atoms with Gasteiger partial charge in [-0.2, -0.15) is 13.2 Å². The number of nitrogens with two attached hydrogens (primary N) is 1. The molecule has 0 aliphatic rings. The highest BCUT2D eigenvalue weighted by Crippen LogP contribution is 2.36. The molecule has 0 aliphatic carbocycles. The van der Waals surface area contributed by atoms with E-state index in [-0.39, 0.29) is 16.2 Å². The summed E-state index contributed by atoms with van der Waals surface area (Å²) in [6, 6.07) is 4.07. The van der Waals surface area contributed by atoms with Gasteiger partial charge >= 0.3 is 6.18 Å². The molecule has 0 atom stereocenters. The molecular weight excluding hydrogens is 267 g/mol. The van der Waals surface area contributed by atoms with Crippen molar-refractivity contribution in [2.45, 2.75) is 13.1 Å². The number of aromatic nitrogens is 1. The molecule has 96 valence electrons. The number of hydrogen-bond donors (Lipinski definition) is 2. The van der Waals surface area contributed by atoms with Crippen LogP contribution in [0, 0.1) is 6.92 Å². The minimum absolute atomic E-state index is 0.0828. The van der Waals surface area contributed by atoms with Gasteiger partial charge in [0.25, 0.3) is 0 Å². The van der Waals surface area contributed by atoms with Crippen LogP contribution in [0.5, 0.6) is 0 Å². The van der Waals surface area contributed by atoms with E-state index in [1.165, 1.54) is 6.07 Å². The normalized spacial score (nSPS) is 11.9. The maximum Gasteiger partial charge on any atom is 0.433 e. The Balaban J connectivity index is 2.88. The van der Waals surface area contributed by atoms with Gasteiger partial charge in [0, 0.05) is 5.39 Å². The minimum Gasteiger partial charge on any atom is -0.323 e. The Kier molecular flexibility index (Phi) is 3.08. The van der Waals surface area contributed by atoms with E-state index in [1.807, 2.05) is 0 Å². The Morgan fingerprint density at radius 3 is 2.56 bits per heavy atom. The van der Waals surface area contributed by atoms with E-state index >= 15 is 0 Å². The van der Waals surface area contributed by atoms with Gasteiger partial charge in [-0.05, 0) is 24.6 Å².